The van der Waals surface area contributed by atoms with Crippen LogP contribution in [0.1, 0.15) is 18.9 Å². The lowest BCUT2D eigenvalue weighted by Crippen LogP contribution is -2.35. The van der Waals surface area contributed by atoms with E-state index in [2.05, 4.69) is 0 Å². The van der Waals surface area contributed by atoms with Crippen molar-refractivity contribution < 1.29 is 19.4 Å². The number of esters is 1. The molecule has 5 heteroatoms. The standard InChI is InChI=1S/C14H21NO4/c1-2-7-18-8-9-19-14(17)13(15)10-11-3-5-12(16)6-4-11/h3-6,13,16H,2,7-10,15H2,1H3/t13-/m0/s1. The van der Waals surface area contributed by atoms with Gasteiger partial charge in [0.25, 0.3) is 0 Å². The maximum Gasteiger partial charge on any atom is 0.323 e. The molecular weight excluding hydrogens is 246 g/mol. The highest BCUT2D eigenvalue weighted by Gasteiger charge is 2.15. The van der Waals surface area contributed by atoms with Gasteiger partial charge in [-0.1, -0.05) is 19.1 Å². The first-order valence-electron chi connectivity index (χ1n) is 6.41. The number of phenols is 1. The van der Waals surface area contributed by atoms with Gasteiger partial charge < -0.3 is 20.3 Å². The molecule has 0 heterocycles. The molecule has 0 aliphatic rings. The van der Waals surface area contributed by atoms with Crippen molar-refractivity contribution in [3.8, 4) is 5.75 Å². The molecule has 0 spiro atoms. The van der Waals surface area contributed by atoms with Crippen LogP contribution < -0.4 is 5.73 Å². The van der Waals surface area contributed by atoms with Gasteiger partial charge in [0.15, 0.2) is 0 Å². The summed E-state index contributed by atoms with van der Waals surface area (Å²) in [5.74, 6) is -0.249. The van der Waals surface area contributed by atoms with Gasteiger partial charge in [0, 0.05) is 6.61 Å². The molecule has 0 amide bonds. The summed E-state index contributed by atoms with van der Waals surface area (Å²) in [5.41, 5.74) is 6.63. The van der Waals surface area contributed by atoms with Crippen molar-refractivity contribution >= 4 is 5.97 Å². The first-order chi connectivity index (χ1) is 9.13. The molecule has 3 N–H and O–H groups in total. The van der Waals surface area contributed by atoms with Gasteiger partial charge in [-0.15, -0.1) is 0 Å². The van der Waals surface area contributed by atoms with Gasteiger partial charge in [-0.05, 0) is 30.5 Å². The van der Waals surface area contributed by atoms with Crippen LogP contribution in [0, 0.1) is 0 Å². The van der Waals surface area contributed by atoms with Gasteiger partial charge in [-0.3, -0.25) is 4.79 Å². The van der Waals surface area contributed by atoms with Crippen LogP contribution in [0.4, 0.5) is 0 Å². The molecule has 1 aromatic rings. The summed E-state index contributed by atoms with van der Waals surface area (Å²) >= 11 is 0. The molecule has 0 bridgehead atoms. The molecule has 0 unspecified atom stereocenters. The largest absolute Gasteiger partial charge is 0.508 e. The first-order valence-corrected chi connectivity index (χ1v) is 6.41. The Morgan fingerprint density at radius 1 is 1.26 bits per heavy atom. The van der Waals surface area contributed by atoms with E-state index in [9.17, 15) is 4.79 Å². The fourth-order valence-electron chi connectivity index (χ4n) is 1.52. The van der Waals surface area contributed by atoms with Gasteiger partial charge in [-0.2, -0.15) is 0 Å². The van der Waals surface area contributed by atoms with Crippen LogP contribution in [-0.4, -0.2) is 36.9 Å². The SMILES string of the molecule is CCCOCCOC(=O)[C@@H](N)Cc1ccc(O)cc1. The van der Waals surface area contributed by atoms with Crippen molar-refractivity contribution in [2.45, 2.75) is 25.8 Å². The number of hydrogen-bond acceptors (Lipinski definition) is 5. The summed E-state index contributed by atoms with van der Waals surface area (Å²) in [6, 6.07) is 5.88. The zero-order valence-electron chi connectivity index (χ0n) is 11.2. The van der Waals surface area contributed by atoms with E-state index in [0.717, 1.165) is 12.0 Å². The van der Waals surface area contributed by atoms with Crippen molar-refractivity contribution in [2.75, 3.05) is 19.8 Å². The molecule has 0 saturated carbocycles. The topological polar surface area (TPSA) is 81.8 Å². The second kappa shape index (κ2) is 8.50. The third kappa shape index (κ3) is 6.22. The van der Waals surface area contributed by atoms with Crippen LogP contribution >= 0.6 is 0 Å². The predicted molar refractivity (Wildman–Crippen MR) is 71.9 cm³/mol. The molecule has 1 atom stereocenters. The summed E-state index contributed by atoms with van der Waals surface area (Å²) in [4.78, 5) is 11.6. The Bertz CT molecular complexity index is 378. The average molecular weight is 267 g/mol. The summed E-state index contributed by atoms with van der Waals surface area (Å²) in [6.45, 7) is 3.30. The smallest absolute Gasteiger partial charge is 0.323 e. The Hall–Kier alpha value is -1.59. The zero-order valence-corrected chi connectivity index (χ0v) is 11.2. The minimum atomic E-state index is -0.698. The summed E-state index contributed by atoms with van der Waals surface area (Å²) in [5, 5.41) is 9.15. The Morgan fingerprint density at radius 2 is 1.95 bits per heavy atom. The van der Waals surface area contributed by atoms with Gasteiger partial charge in [0.1, 0.15) is 18.4 Å². The normalized spacial score (nSPS) is 12.1. The number of benzene rings is 1. The van der Waals surface area contributed by atoms with Gasteiger partial charge in [-0.25, -0.2) is 0 Å². The molecule has 1 aromatic carbocycles. The highest BCUT2D eigenvalue weighted by molar-refractivity contribution is 5.75. The quantitative estimate of drug-likeness (QED) is 0.547. The monoisotopic (exact) mass is 267 g/mol. The van der Waals surface area contributed by atoms with Crippen LogP contribution in [0.15, 0.2) is 24.3 Å². The number of aromatic hydroxyl groups is 1. The molecule has 0 radical (unpaired) electrons. The summed E-state index contributed by atoms with van der Waals surface area (Å²) < 4.78 is 10.2. The van der Waals surface area contributed by atoms with Crippen LogP contribution in [0.25, 0.3) is 0 Å². The van der Waals surface area contributed by atoms with Crippen LogP contribution in [-0.2, 0) is 20.7 Å². The lowest BCUT2D eigenvalue weighted by atomic mass is 10.1. The molecular formula is C14H21NO4. The number of carbonyl (C=O) groups excluding carboxylic acids is 1. The second-order valence-electron chi connectivity index (χ2n) is 4.26. The summed E-state index contributed by atoms with van der Waals surface area (Å²) in [7, 11) is 0. The molecule has 0 aliphatic carbocycles. The summed E-state index contributed by atoms with van der Waals surface area (Å²) in [6.07, 6.45) is 1.32. The number of hydrogen-bond donors (Lipinski definition) is 2. The van der Waals surface area contributed by atoms with Crippen LogP contribution in [0.3, 0.4) is 0 Å². The van der Waals surface area contributed by atoms with Crippen molar-refractivity contribution in [1.29, 1.82) is 0 Å². The highest BCUT2D eigenvalue weighted by atomic mass is 16.6. The van der Waals surface area contributed by atoms with E-state index < -0.39 is 12.0 Å². The molecule has 5 nitrogen and oxygen atoms in total. The van der Waals surface area contributed by atoms with E-state index in [0.29, 0.717) is 19.6 Å². The fourth-order valence-corrected chi connectivity index (χ4v) is 1.52. The van der Waals surface area contributed by atoms with E-state index in [1.165, 1.54) is 0 Å². The third-order valence-electron chi connectivity index (χ3n) is 2.52. The van der Waals surface area contributed by atoms with Crippen molar-refractivity contribution in [3.63, 3.8) is 0 Å². The number of phenolic OH excluding ortho intramolecular Hbond substituents is 1. The minimum absolute atomic E-state index is 0.188. The van der Waals surface area contributed by atoms with Crippen molar-refractivity contribution in [1.82, 2.24) is 0 Å². The third-order valence-corrected chi connectivity index (χ3v) is 2.52. The van der Waals surface area contributed by atoms with E-state index in [1.54, 1.807) is 24.3 Å². The van der Waals surface area contributed by atoms with E-state index in [-0.39, 0.29) is 12.4 Å². The lowest BCUT2D eigenvalue weighted by molar-refractivity contribution is -0.146. The second-order valence-corrected chi connectivity index (χ2v) is 4.26. The Labute approximate surface area is 113 Å². The maximum absolute atomic E-state index is 11.6. The molecule has 19 heavy (non-hydrogen) atoms. The van der Waals surface area contributed by atoms with E-state index in [4.69, 9.17) is 20.3 Å². The van der Waals surface area contributed by atoms with Gasteiger partial charge in [0.05, 0.1) is 6.61 Å². The number of carbonyl (C=O) groups is 1. The first kappa shape index (κ1) is 15.5. The van der Waals surface area contributed by atoms with E-state index >= 15 is 0 Å². The molecule has 0 aromatic heterocycles. The number of ether oxygens (including phenoxy) is 2. The lowest BCUT2D eigenvalue weighted by Gasteiger charge is -2.11. The number of nitrogens with two attached hydrogens (primary N) is 1. The molecule has 0 aliphatic heterocycles. The molecule has 106 valence electrons. The minimum Gasteiger partial charge on any atom is -0.508 e. The van der Waals surface area contributed by atoms with Gasteiger partial charge >= 0.3 is 5.97 Å². The Balaban J connectivity index is 2.26. The zero-order chi connectivity index (χ0) is 14.1. The predicted octanol–water partition coefficient (Wildman–Crippen LogP) is 1.23. The number of rotatable bonds is 8. The van der Waals surface area contributed by atoms with Crippen molar-refractivity contribution in [2.24, 2.45) is 5.73 Å². The van der Waals surface area contributed by atoms with Gasteiger partial charge in [0.2, 0.25) is 0 Å². The fraction of sp³-hybridized carbons (Fsp3) is 0.500. The molecule has 0 saturated heterocycles. The Kier molecular flexibility index (Phi) is 6.92. The maximum atomic E-state index is 11.6. The highest BCUT2D eigenvalue weighted by Crippen LogP contribution is 2.11. The van der Waals surface area contributed by atoms with E-state index in [1.807, 2.05) is 6.92 Å². The Morgan fingerprint density at radius 3 is 2.58 bits per heavy atom. The average Bonchev–Trinajstić information content (AvgIpc) is 2.41. The van der Waals surface area contributed by atoms with Crippen LogP contribution in [0.2, 0.25) is 0 Å². The van der Waals surface area contributed by atoms with Crippen LogP contribution in [0.5, 0.6) is 5.75 Å². The molecule has 1 rings (SSSR count). The molecule has 0 fully saturated rings. The van der Waals surface area contributed by atoms with Crippen molar-refractivity contribution in [3.05, 3.63) is 29.8 Å².